The predicted octanol–water partition coefficient (Wildman–Crippen LogP) is 5.54. The summed E-state index contributed by atoms with van der Waals surface area (Å²) in [6, 6.07) is 22.7. The molecule has 1 saturated heterocycles. The molecule has 4 rings (SSSR count). The highest BCUT2D eigenvalue weighted by Gasteiger charge is 2.34. The Morgan fingerprint density at radius 1 is 1.14 bits per heavy atom. The van der Waals surface area contributed by atoms with Gasteiger partial charge in [0, 0.05) is 31.2 Å². The quantitative estimate of drug-likeness (QED) is 0.463. The Labute approximate surface area is 211 Å². The van der Waals surface area contributed by atoms with Crippen LogP contribution >= 0.6 is 11.6 Å². The molecule has 1 aliphatic heterocycles. The highest BCUT2D eigenvalue weighted by Crippen LogP contribution is 2.36. The van der Waals surface area contributed by atoms with Gasteiger partial charge in [-0.15, -0.1) is 0 Å². The van der Waals surface area contributed by atoms with Crippen LogP contribution < -0.4 is 9.64 Å². The lowest BCUT2D eigenvalue weighted by Crippen LogP contribution is -2.52. The van der Waals surface area contributed by atoms with E-state index in [9.17, 15) is 10.4 Å². The minimum Gasteiger partial charge on any atom is -0.497 e. The minimum atomic E-state index is -1.08. The number of methoxy groups -OCH3 is 1. The normalized spacial score (nSPS) is 17.8. The summed E-state index contributed by atoms with van der Waals surface area (Å²) < 4.78 is 5.32. The van der Waals surface area contributed by atoms with E-state index in [-0.39, 0.29) is 6.04 Å². The molecule has 3 aromatic carbocycles. The summed E-state index contributed by atoms with van der Waals surface area (Å²) in [6.45, 7) is 11.5. The zero-order chi connectivity index (χ0) is 25.0. The molecule has 0 unspecified atom stereocenters. The first kappa shape index (κ1) is 24.6. The van der Waals surface area contributed by atoms with Gasteiger partial charge in [-0.05, 0) is 48.4 Å². The SMILES string of the molecule is [C-]#[N+]c1ccc([C@](C)(O)CN2CCN(c3ccc(OC)cc3C#N)[C@H](c3ccc(Cl)cc3)C2)cc1. The Morgan fingerprint density at radius 2 is 1.86 bits per heavy atom. The molecule has 0 amide bonds. The summed E-state index contributed by atoms with van der Waals surface area (Å²) >= 11 is 6.16. The van der Waals surface area contributed by atoms with Crippen LogP contribution in [0, 0.1) is 17.9 Å². The van der Waals surface area contributed by atoms with Crippen LogP contribution in [0.5, 0.6) is 5.75 Å². The van der Waals surface area contributed by atoms with Crippen molar-refractivity contribution in [1.29, 1.82) is 5.26 Å². The summed E-state index contributed by atoms with van der Waals surface area (Å²) in [6.07, 6.45) is 0. The van der Waals surface area contributed by atoms with Gasteiger partial charge in [0.2, 0.25) is 0 Å². The summed E-state index contributed by atoms with van der Waals surface area (Å²) in [4.78, 5) is 7.92. The van der Waals surface area contributed by atoms with Crippen LogP contribution in [0.15, 0.2) is 66.7 Å². The molecular weight excluding hydrogens is 460 g/mol. The van der Waals surface area contributed by atoms with Crippen molar-refractivity contribution in [1.82, 2.24) is 4.90 Å². The molecule has 0 radical (unpaired) electrons. The summed E-state index contributed by atoms with van der Waals surface area (Å²) in [5.41, 5.74) is 2.74. The van der Waals surface area contributed by atoms with Crippen molar-refractivity contribution in [3.05, 3.63) is 99.9 Å². The molecule has 0 saturated carbocycles. The third kappa shape index (κ3) is 5.42. The van der Waals surface area contributed by atoms with Crippen molar-refractivity contribution < 1.29 is 9.84 Å². The molecular formula is C28H27ClN4O2. The average molecular weight is 487 g/mol. The number of hydrogen-bond acceptors (Lipinski definition) is 5. The van der Waals surface area contributed by atoms with Gasteiger partial charge in [-0.1, -0.05) is 48.0 Å². The molecule has 1 fully saturated rings. The molecule has 7 heteroatoms. The zero-order valence-corrected chi connectivity index (χ0v) is 20.5. The van der Waals surface area contributed by atoms with E-state index in [2.05, 4.69) is 20.7 Å². The van der Waals surface area contributed by atoms with Gasteiger partial charge in [0.1, 0.15) is 11.8 Å². The van der Waals surface area contributed by atoms with Gasteiger partial charge >= 0.3 is 0 Å². The number of benzene rings is 3. The van der Waals surface area contributed by atoms with Gasteiger partial charge < -0.3 is 14.7 Å². The first-order valence-electron chi connectivity index (χ1n) is 11.4. The average Bonchev–Trinajstić information content (AvgIpc) is 2.88. The number of β-amino-alcohol motifs (C(OH)–C–C–N with tert-alkyl or cyclic N) is 1. The molecule has 1 heterocycles. The van der Waals surface area contributed by atoms with E-state index in [4.69, 9.17) is 22.9 Å². The summed E-state index contributed by atoms with van der Waals surface area (Å²) in [7, 11) is 1.59. The van der Waals surface area contributed by atoms with Crippen molar-refractivity contribution in [2.75, 3.05) is 38.2 Å². The molecule has 0 aliphatic carbocycles. The molecule has 2 atom stereocenters. The number of rotatable bonds is 6. The molecule has 1 aliphatic rings. The topological polar surface area (TPSA) is 64.1 Å². The van der Waals surface area contributed by atoms with Crippen molar-refractivity contribution in [2.45, 2.75) is 18.6 Å². The molecule has 178 valence electrons. The summed E-state index contributed by atoms with van der Waals surface area (Å²) in [5, 5.41) is 21.8. The maximum absolute atomic E-state index is 11.3. The van der Waals surface area contributed by atoms with Gasteiger partial charge in [0.25, 0.3) is 0 Å². The standard InChI is InChI=1S/C28H27ClN4O2/c1-28(34,22-6-10-24(31-2)11-7-22)19-32-14-15-33(26-13-12-25(35-3)16-21(26)17-30)27(18-32)20-4-8-23(29)9-5-20/h4-13,16,27,34H,14-15,18-19H2,1,3H3/t27-,28+/m0/s1. The van der Waals surface area contributed by atoms with Crippen LogP contribution in [-0.2, 0) is 5.60 Å². The Morgan fingerprint density at radius 3 is 2.49 bits per heavy atom. The fourth-order valence-electron chi connectivity index (χ4n) is 4.65. The van der Waals surface area contributed by atoms with E-state index >= 15 is 0 Å². The van der Waals surface area contributed by atoms with E-state index < -0.39 is 5.60 Å². The smallest absolute Gasteiger partial charge is 0.187 e. The molecule has 0 aromatic heterocycles. The molecule has 6 nitrogen and oxygen atoms in total. The largest absolute Gasteiger partial charge is 0.497 e. The van der Waals surface area contributed by atoms with E-state index in [1.807, 2.05) is 48.5 Å². The van der Waals surface area contributed by atoms with Crippen LogP contribution in [0.4, 0.5) is 11.4 Å². The number of nitrogens with zero attached hydrogens (tertiary/aromatic N) is 4. The van der Waals surface area contributed by atoms with E-state index in [1.165, 1.54) is 0 Å². The van der Waals surface area contributed by atoms with E-state index in [1.54, 1.807) is 32.2 Å². The predicted molar refractivity (Wildman–Crippen MR) is 138 cm³/mol. The number of piperazine rings is 1. The number of hydrogen-bond donors (Lipinski definition) is 1. The second-order valence-electron chi connectivity index (χ2n) is 8.92. The number of nitriles is 1. The highest BCUT2D eigenvalue weighted by atomic mass is 35.5. The van der Waals surface area contributed by atoms with Crippen LogP contribution in [0.2, 0.25) is 5.02 Å². The Kier molecular flexibility index (Phi) is 7.28. The van der Waals surface area contributed by atoms with E-state index in [0.29, 0.717) is 41.7 Å². The van der Waals surface area contributed by atoms with Gasteiger partial charge in [-0.3, -0.25) is 4.90 Å². The fourth-order valence-corrected chi connectivity index (χ4v) is 4.77. The van der Waals surface area contributed by atoms with Gasteiger partial charge in [0.15, 0.2) is 5.69 Å². The lowest BCUT2D eigenvalue weighted by Gasteiger charge is -2.45. The second-order valence-corrected chi connectivity index (χ2v) is 9.36. The number of aliphatic hydroxyl groups is 1. The van der Waals surface area contributed by atoms with Crippen molar-refractivity contribution >= 4 is 23.0 Å². The van der Waals surface area contributed by atoms with E-state index in [0.717, 1.165) is 23.4 Å². The maximum atomic E-state index is 11.3. The first-order chi connectivity index (χ1) is 16.8. The van der Waals surface area contributed by atoms with Crippen molar-refractivity contribution in [2.24, 2.45) is 0 Å². The molecule has 0 spiro atoms. The minimum absolute atomic E-state index is 0.0400. The molecule has 1 N–H and O–H groups in total. The van der Waals surface area contributed by atoms with Crippen LogP contribution in [0.1, 0.15) is 29.7 Å². The number of anilines is 1. The Hall–Kier alpha value is -3.55. The Bertz CT molecular complexity index is 1260. The van der Waals surface area contributed by atoms with Crippen molar-refractivity contribution in [3.63, 3.8) is 0 Å². The maximum Gasteiger partial charge on any atom is 0.187 e. The van der Waals surface area contributed by atoms with Crippen LogP contribution in [0.3, 0.4) is 0 Å². The number of halogens is 1. The number of ether oxygens (including phenoxy) is 1. The third-order valence-corrected chi connectivity index (χ3v) is 6.75. The van der Waals surface area contributed by atoms with Crippen LogP contribution in [0.25, 0.3) is 4.85 Å². The highest BCUT2D eigenvalue weighted by molar-refractivity contribution is 6.30. The lowest BCUT2D eigenvalue weighted by atomic mass is 9.93. The monoisotopic (exact) mass is 486 g/mol. The van der Waals surface area contributed by atoms with Gasteiger partial charge in [0.05, 0.1) is 36.6 Å². The zero-order valence-electron chi connectivity index (χ0n) is 19.8. The summed E-state index contributed by atoms with van der Waals surface area (Å²) in [5.74, 6) is 0.646. The molecule has 3 aromatic rings. The Balaban J connectivity index is 1.63. The third-order valence-electron chi connectivity index (χ3n) is 6.50. The van der Waals surface area contributed by atoms with Crippen molar-refractivity contribution in [3.8, 4) is 11.8 Å². The van der Waals surface area contributed by atoms with Crippen LogP contribution in [-0.4, -0.2) is 43.3 Å². The first-order valence-corrected chi connectivity index (χ1v) is 11.8. The van der Waals surface area contributed by atoms with Gasteiger partial charge in [-0.25, -0.2) is 4.85 Å². The fraction of sp³-hybridized carbons (Fsp3) is 0.286. The molecule has 35 heavy (non-hydrogen) atoms. The van der Waals surface area contributed by atoms with Gasteiger partial charge in [-0.2, -0.15) is 5.26 Å². The lowest BCUT2D eigenvalue weighted by molar-refractivity contribution is 0.0103. The molecule has 0 bridgehead atoms. The second kappa shape index (κ2) is 10.4.